The Hall–Kier alpha value is -2.48. The third kappa shape index (κ3) is 6.26. The van der Waals surface area contributed by atoms with Crippen molar-refractivity contribution in [2.75, 3.05) is 11.1 Å². The summed E-state index contributed by atoms with van der Waals surface area (Å²) in [6.45, 7) is 8.40. The molecule has 2 aromatic carbocycles. The highest BCUT2D eigenvalue weighted by atomic mass is 35.5. The number of benzene rings is 2. The molecule has 0 unspecified atom stereocenters. The Morgan fingerprint density at radius 2 is 2.03 bits per heavy atom. The van der Waals surface area contributed by atoms with Crippen molar-refractivity contribution >= 4 is 46.6 Å². The van der Waals surface area contributed by atoms with Crippen LogP contribution in [0.1, 0.15) is 17.0 Å². The van der Waals surface area contributed by atoms with Crippen molar-refractivity contribution in [2.45, 2.75) is 32.2 Å². The summed E-state index contributed by atoms with van der Waals surface area (Å²) in [6.07, 6.45) is 1.74. The molecule has 0 atom stereocenters. The van der Waals surface area contributed by atoms with E-state index < -0.39 is 0 Å². The van der Waals surface area contributed by atoms with Crippen LogP contribution in [0.15, 0.2) is 54.2 Å². The first-order valence-electron chi connectivity index (χ1n) is 9.48. The summed E-state index contributed by atoms with van der Waals surface area (Å²) in [7, 11) is 0. The van der Waals surface area contributed by atoms with E-state index >= 15 is 0 Å². The van der Waals surface area contributed by atoms with E-state index in [9.17, 15) is 4.79 Å². The van der Waals surface area contributed by atoms with Gasteiger partial charge in [-0.2, -0.15) is 0 Å². The zero-order valence-corrected chi connectivity index (χ0v) is 19.5. The maximum Gasteiger partial charge on any atom is 0.234 e. The first-order valence-corrected chi connectivity index (χ1v) is 11.2. The zero-order valence-electron chi connectivity index (χ0n) is 17.2. The van der Waals surface area contributed by atoms with Crippen LogP contribution in [0.3, 0.4) is 0 Å². The molecule has 3 rings (SSSR count). The normalized spacial score (nSPS) is 10.7. The second-order valence-electron chi connectivity index (χ2n) is 6.82. The third-order valence-corrected chi connectivity index (χ3v) is 5.86. The Labute approximate surface area is 195 Å². The molecule has 162 valence electrons. The number of carbonyl (C=O) groups excluding carboxylic acids is 1. The minimum Gasteiger partial charge on any atom is -0.484 e. The molecule has 31 heavy (non-hydrogen) atoms. The molecule has 0 spiro atoms. The smallest absolute Gasteiger partial charge is 0.234 e. The van der Waals surface area contributed by atoms with E-state index in [1.165, 1.54) is 11.8 Å². The van der Waals surface area contributed by atoms with Gasteiger partial charge in [0.05, 0.1) is 10.8 Å². The van der Waals surface area contributed by atoms with Gasteiger partial charge in [0.25, 0.3) is 0 Å². The number of hydrogen-bond acceptors (Lipinski definition) is 5. The van der Waals surface area contributed by atoms with Gasteiger partial charge in [0.1, 0.15) is 12.4 Å². The number of carbonyl (C=O) groups is 1. The van der Waals surface area contributed by atoms with Crippen LogP contribution in [0.4, 0.5) is 5.69 Å². The number of aromatic nitrogens is 3. The predicted octanol–water partition coefficient (Wildman–Crippen LogP) is 5.70. The van der Waals surface area contributed by atoms with Crippen LogP contribution in [0.5, 0.6) is 5.75 Å². The van der Waals surface area contributed by atoms with E-state index in [4.69, 9.17) is 27.9 Å². The molecule has 6 nitrogen and oxygen atoms in total. The fourth-order valence-electron chi connectivity index (χ4n) is 2.85. The highest BCUT2D eigenvalue weighted by Crippen LogP contribution is 2.28. The molecule has 0 aliphatic carbocycles. The fourth-order valence-corrected chi connectivity index (χ4v) is 3.95. The van der Waals surface area contributed by atoms with Gasteiger partial charge in [-0.3, -0.25) is 9.36 Å². The highest BCUT2D eigenvalue weighted by molar-refractivity contribution is 7.99. The van der Waals surface area contributed by atoms with E-state index in [2.05, 4.69) is 22.1 Å². The van der Waals surface area contributed by atoms with Gasteiger partial charge in [0, 0.05) is 23.3 Å². The van der Waals surface area contributed by atoms with Crippen LogP contribution in [0, 0.1) is 13.8 Å². The Morgan fingerprint density at radius 3 is 2.77 bits per heavy atom. The van der Waals surface area contributed by atoms with Gasteiger partial charge < -0.3 is 10.1 Å². The van der Waals surface area contributed by atoms with E-state index in [1.807, 2.05) is 36.6 Å². The van der Waals surface area contributed by atoms with Gasteiger partial charge in [-0.1, -0.05) is 58.7 Å². The molecule has 1 heterocycles. The van der Waals surface area contributed by atoms with Gasteiger partial charge in [0.15, 0.2) is 11.0 Å². The zero-order chi connectivity index (χ0) is 22.4. The summed E-state index contributed by atoms with van der Waals surface area (Å²) in [5.41, 5.74) is 2.97. The van der Waals surface area contributed by atoms with Crippen molar-refractivity contribution < 1.29 is 9.53 Å². The topological polar surface area (TPSA) is 69.0 Å². The summed E-state index contributed by atoms with van der Waals surface area (Å²) in [5, 5.41) is 12.9. The SMILES string of the molecule is C=CCn1c(COc2cc(Cl)ccc2Cl)nnc1SCC(=O)Nc1ccc(C)cc1C. The largest absolute Gasteiger partial charge is 0.484 e. The maximum atomic E-state index is 12.4. The van der Waals surface area contributed by atoms with Crippen LogP contribution in [0.2, 0.25) is 10.0 Å². The van der Waals surface area contributed by atoms with Crippen LogP contribution in [0.25, 0.3) is 0 Å². The number of ether oxygens (including phenoxy) is 1. The second-order valence-corrected chi connectivity index (χ2v) is 8.60. The number of nitrogens with one attached hydrogen (secondary N) is 1. The first kappa shape index (κ1) is 23.2. The summed E-state index contributed by atoms with van der Waals surface area (Å²) < 4.78 is 7.62. The third-order valence-electron chi connectivity index (χ3n) is 4.34. The molecular formula is C22H22Cl2N4O2S. The van der Waals surface area contributed by atoms with Gasteiger partial charge in [0.2, 0.25) is 5.91 Å². The summed E-state index contributed by atoms with van der Waals surface area (Å²) in [5.74, 6) is 1.13. The van der Waals surface area contributed by atoms with Crippen LogP contribution in [-0.2, 0) is 17.9 Å². The van der Waals surface area contributed by atoms with E-state index in [0.29, 0.717) is 33.3 Å². The molecule has 1 N–H and O–H groups in total. The van der Waals surface area contributed by atoms with Crippen molar-refractivity contribution in [1.82, 2.24) is 14.8 Å². The van der Waals surface area contributed by atoms with Crippen molar-refractivity contribution in [1.29, 1.82) is 0 Å². The number of anilines is 1. The Bertz CT molecular complexity index is 1100. The van der Waals surface area contributed by atoms with Crippen LogP contribution >= 0.6 is 35.0 Å². The lowest BCUT2D eigenvalue weighted by Gasteiger charge is -2.11. The van der Waals surface area contributed by atoms with E-state index in [1.54, 1.807) is 24.3 Å². The number of aryl methyl sites for hydroxylation is 2. The van der Waals surface area contributed by atoms with Crippen molar-refractivity contribution in [3.05, 3.63) is 76.0 Å². The lowest BCUT2D eigenvalue weighted by molar-refractivity contribution is -0.113. The fraction of sp³-hybridized carbons (Fsp3) is 0.227. The van der Waals surface area contributed by atoms with Crippen molar-refractivity contribution in [2.24, 2.45) is 0 Å². The molecule has 1 amide bonds. The predicted molar refractivity (Wildman–Crippen MR) is 126 cm³/mol. The molecule has 0 aliphatic rings. The minimum absolute atomic E-state index is 0.117. The first-order chi connectivity index (χ1) is 14.9. The van der Waals surface area contributed by atoms with Crippen LogP contribution in [-0.4, -0.2) is 26.4 Å². The summed E-state index contributed by atoms with van der Waals surface area (Å²) in [4.78, 5) is 12.4. The standard InChI is InChI=1S/C22H22Cl2N4O2S/c1-4-9-28-20(12-30-19-11-16(23)6-7-17(19)24)26-27-22(28)31-13-21(29)25-18-8-5-14(2)10-15(18)3/h4-8,10-11H,1,9,12-13H2,2-3H3,(H,25,29). The molecule has 0 fully saturated rings. The Balaban J connectivity index is 1.64. The molecule has 1 aromatic heterocycles. The average molecular weight is 477 g/mol. The minimum atomic E-state index is -0.117. The molecular weight excluding hydrogens is 455 g/mol. The second kappa shape index (κ2) is 10.7. The van der Waals surface area contributed by atoms with Crippen molar-refractivity contribution in [3.63, 3.8) is 0 Å². The molecule has 0 saturated carbocycles. The van der Waals surface area contributed by atoms with Gasteiger partial charge in [-0.05, 0) is 37.6 Å². The number of rotatable bonds is 9. The number of nitrogens with zero attached hydrogens (tertiary/aromatic N) is 3. The van der Waals surface area contributed by atoms with Gasteiger partial charge in [-0.25, -0.2) is 0 Å². The molecule has 0 saturated heterocycles. The Kier molecular flexibility index (Phi) is 8.01. The number of allylic oxidation sites excluding steroid dienone is 1. The quantitative estimate of drug-likeness (QED) is 0.316. The number of thioether (sulfide) groups is 1. The number of amides is 1. The van der Waals surface area contributed by atoms with Gasteiger partial charge in [-0.15, -0.1) is 16.8 Å². The Morgan fingerprint density at radius 1 is 1.23 bits per heavy atom. The number of halogens is 2. The molecule has 0 aliphatic heterocycles. The lowest BCUT2D eigenvalue weighted by atomic mass is 10.1. The van der Waals surface area contributed by atoms with Gasteiger partial charge >= 0.3 is 0 Å². The van der Waals surface area contributed by atoms with E-state index in [0.717, 1.165) is 16.8 Å². The summed E-state index contributed by atoms with van der Waals surface area (Å²) in [6, 6.07) is 10.9. The van der Waals surface area contributed by atoms with Crippen LogP contribution < -0.4 is 10.1 Å². The summed E-state index contributed by atoms with van der Waals surface area (Å²) >= 11 is 13.5. The monoisotopic (exact) mass is 476 g/mol. The molecule has 0 bridgehead atoms. The highest BCUT2D eigenvalue weighted by Gasteiger charge is 2.15. The molecule has 0 radical (unpaired) electrons. The molecule has 3 aromatic rings. The maximum absolute atomic E-state index is 12.4. The van der Waals surface area contributed by atoms with E-state index in [-0.39, 0.29) is 18.3 Å². The average Bonchev–Trinajstić information content (AvgIpc) is 3.11. The van der Waals surface area contributed by atoms with Crippen molar-refractivity contribution in [3.8, 4) is 5.75 Å². The molecule has 9 heteroatoms. The lowest BCUT2D eigenvalue weighted by Crippen LogP contribution is -2.15. The number of hydrogen-bond donors (Lipinski definition) is 1.